The molecule has 1 aromatic carbocycles. The first-order chi connectivity index (χ1) is 12.8. The van der Waals surface area contributed by atoms with Crippen LogP contribution < -0.4 is 10.2 Å². The number of likely N-dealkylation sites (N-methyl/N-ethyl adjacent to an activating group) is 1. The zero-order valence-electron chi connectivity index (χ0n) is 16.3. The van der Waals surface area contributed by atoms with E-state index in [9.17, 15) is 18.0 Å². The van der Waals surface area contributed by atoms with E-state index in [4.69, 9.17) is 0 Å². The van der Waals surface area contributed by atoms with E-state index in [0.29, 0.717) is 26.1 Å². The predicted octanol–water partition coefficient (Wildman–Crippen LogP) is 1.23. The highest BCUT2D eigenvalue weighted by molar-refractivity contribution is 7.92. The standard InChI is InChI=1S/C19H27N3O4S.ClH/c1-21(18(24)19(27(2,25)26)10-12-20-13-11-19)16-9-6-14-22(17(16)23)15-7-4-3-5-8-15;/h3-5,7-8,16,20H,6,9-14H2,1-2H3;1H. The number of anilines is 1. The maximum absolute atomic E-state index is 13.3. The number of piperidine rings is 2. The van der Waals surface area contributed by atoms with Crippen molar-refractivity contribution in [1.29, 1.82) is 0 Å². The third-order valence-electron chi connectivity index (χ3n) is 5.78. The minimum atomic E-state index is -3.61. The molecule has 2 aliphatic rings. The maximum Gasteiger partial charge on any atom is 0.249 e. The lowest BCUT2D eigenvalue weighted by Crippen LogP contribution is -2.62. The molecule has 2 amide bonds. The van der Waals surface area contributed by atoms with Gasteiger partial charge in [0.25, 0.3) is 0 Å². The van der Waals surface area contributed by atoms with Gasteiger partial charge in [-0.15, -0.1) is 12.4 Å². The number of rotatable bonds is 4. The maximum atomic E-state index is 13.3. The molecule has 0 bridgehead atoms. The number of carbonyl (C=O) groups is 2. The Morgan fingerprint density at radius 1 is 1.21 bits per heavy atom. The summed E-state index contributed by atoms with van der Waals surface area (Å²) < 4.78 is 23.6. The van der Waals surface area contributed by atoms with Crippen molar-refractivity contribution in [3.05, 3.63) is 30.3 Å². The van der Waals surface area contributed by atoms with Crippen LogP contribution in [0.15, 0.2) is 30.3 Å². The fourth-order valence-corrected chi connectivity index (χ4v) is 5.52. The summed E-state index contributed by atoms with van der Waals surface area (Å²) in [6.45, 7) is 1.55. The van der Waals surface area contributed by atoms with Crippen LogP contribution in [0.3, 0.4) is 0 Å². The van der Waals surface area contributed by atoms with Gasteiger partial charge in [0.1, 0.15) is 6.04 Å². The van der Waals surface area contributed by atoms with Crippen LogP contribution in [-0.4, -0.2) is 68.9 Å². The quantitative estimate of drug-likeness (QED) is 0.777. The Hall–Kier alpha value is -1.64. The van der Waals surface area contributed by atoms with Crippen LogP contribution in [0.2, 0.25) is 0 Å². The predicted molar refractivity (Wildman–Crippen MR) is 112 cm³/mol. The van der Waals surface area contributed by atoms with Crippen molar-refractivity contribution < 1.29 is 18.0 Å². The Kier molecular flexibility index (Phi) is 7.12. The second kappa shape index (κ2) is 8.80. The summed E-state index contributed by atoms with van der Waals surface area (Å²) in [6.07, 6.45) is 2.90. The molecule has 0 saturated carbocycles. The van der Waals surface area contributed by atoms with Crippen molar-refractivity contribution >= 4 is 39.7 Å². The van der Waals surface area contributed by atoms with Gasteiger partial charge in [-0.3, -0.25) is 9.59 Å². The highest BCUT2D eigenvalue weighted by Gasteiger charge is 2.51. The van der Waals surface area contributed by atoms with Crippen LogP contribution in [0.5, 0.6) is 0 Å². The molecule has 2 aliphatic heterocycles. The molecule has 2 saturated heterocycles. The number of sulfone groups is 1. The van der Waals surface area contributed by atoms with Gasteiger partial charge in [0.05, 0.1) is 0 Å². The van der Waals surface area contributed by atoms with Crippen LogP contribution in [-0.2, 0) is 19.4 Å². The van der Waals surface area contributed by atoms with Crippen molar-refractivity contribution in [2.75, 3.05) is 37.8 Å². The number of benzene rings is 1. The molecule has 0 radical (unpaired) electrons. The number of para-hydroxylation sites is 1. The van der Waals surface area contributed by atoms with Gasteiger partial charge in [-0.1, -0.05) is 18.2 Å². The molecule has 2 heterocycles. The molecule has 0 aliphatic carbocycles. The van der Waals surface area contributed by atoms with Gasteiger partial charge in [0.15, 0.2) is 14.6 Å². The molecule has 1 unspecified atom stereocenters. The van der Waals surface area contributed by atoms with E-state index in [1.54, 1.807) is 11.9 Å². The molecule has 9 heteroatoms. The van der Waals surface area contributed by atoms with Gasteiger partial charge >= 0.3 is 0 Å². The lowest BCUT2D eigenvalue weighted by atomic mass is 9.93. The van der Waals surface area contributed by atoms with Crippen molar-refractivity contribution in [1.82, 2.24) is 10.2 Å². The normalized spacial score (nSPS) is 22.3. The molecule has 0 spiro atoms. The summed E-state index contributed by atoms with van der Waals surface area (Å²) in [7, 11) is -2.05. The summed E-state index contributed by atoms with van der Waals surface area (Å²) in [6, 6.07) is 8.72. The lowest BCUT2D eigenvalue weighted by Gasteiger charge is -2.42. The number of carbonyl (C=O) groups excluding carboxylic acids is 2. The van der Waals surface area contributed by atoms with E-state index in [2.05, 4.69) is 5.32 Å². The van der Waals surface area contributed by atoms with E-state index < -0.39 is 26.5 Å². The summed E-state index contributed by atoms with van der Waals surface area (Å²) in [5, 5.41) is 3.11. The van der Waals surface area contributed by atoms with E-state index in [1.807, 2.05) is 30.3 Å². The van der Waals surface area contributed by atoms with Gasteiger partial charge in [0, 0.05) is 25.5 Å². The van der Waals surface area contributed by atoms with Crippen molar-refractivity contribution in [2.24, 2.45) is 0 Å². The van der Waals surface area contributed by atoms with Crippen LogP contribution in [0.4, 0.5) is 5.69 Å². The van der Waals surface area contributed by atoms with Crippen LogP contribution >= 0.6 is 12.4 Å². The van der Waals surface area contributed by atoms with Crippen molar-refractivity contribution in [3.8, 4) is 0 Å². The fraction of sp³-hybridized carbons (Fsp3) is 0.579. The van der Waals surface area contributed by atoms with Gasteiger partial charge in [0.2, 0.25) is 11.8 Å². The molecule has 3 rings (SSSR count). The van der Waals surface area contributed by atoms with Crippen molar-refractivity contribution in [3.63, 3.8) is 0 Å². The number of amides is 2. The fourth-order valence-electron chi connectivity index (χ4n) is 4.12. The first-order valence-corrected chi connectivity index (χ1v) is 11.2. The molecule has 0 aromatic heterocycles. The molecule has 1 aromatic rings. The Labute approximate surface area is 172 Å². The molecule has 156 valence electrons. The average Bonchev–Trinajstić information content (AvgIpc) is 2.67. The monoisotopic (exact) mass is 429 g/mol. The zero-order chi connectivity index (χ0) is 19.7. The third-order valence-corrected chi connectivity index (χ3v) is 7.78. The molecular weight excluding hydrogens is 402 g/mol. The number of halogens is 1. The summed E-state index contributed by atoms with van der Waals surface area (Å²) in [4.78, 5) is 29.4. The molecule has 2 fully saturated rings. The van der Waals surface area contributed by atoms with Crippen LogP contribution in [0, 0.1) is 0 Å². The first kappa shape index (κ1) is 22.6. The Balaban J connectivity index is 0.00000280. The first-order valence-electron chi connectivity index (χ1n) is 9.32. The third kappa shape index (κ3) is 4.04. The van der Waals surface area contributed by atoms with Crippen LogP contribution in [0.25, 0.3) is 0 Å². The highest BCUT2D eigenvalue weighted by Crippen LogP contribution is 2.32. The number of hydrogen-bond donors (Lipinski definition) is 1. The van der Waals surface area contributed by atoms with Gasteiger partial charge in [-0.25, -0.2) is 8.42 Å². The minimum absolute atomic E-state index is 0. The smallest absolute Gasteiger partial charge is 0.249 e. The molecule has 28 heavy (non-hydrogen) atoms. The number of nitrogens with zero attached hydrogens (tertiary/aromatic N) is 2. The molecule has 1 N–H and O–H groups in total. The molecular formula is C19H28ClN3O4S. The second-order valence-electron chi connectivity index (χ2n) is 7.42. The van der Waals surface area contributed by atoms with Crippen LogP contribution in [0.1, 0.15) is 25.7 Å². The number of nitrogens with one attached hydrogen (secondary N) is 1. The largest absolute Gasteiger partial charge is 0.332 e. The Morgan fingerprint density at radius 2 is 1.82 bits per heavy atom. The SMILES string of the molecule is CN(C(=O)C1(S(C)(=O)=O)CCNCC1)C1CCCN(c2ccccc2)C1=O.Cl. The molecule has 7 nitrogen and oxygen atoms in total. The zero-order valence-corrected chi connectivity index (χ0v) is 17.9. The summed E-state index contributed by atoms with van der Waals surface area (Å²) >= 11 is 0. The topological polar surface area (TPSA) is 86.8 Å². The summed E-state index contributed by atoms with van der Waals surface area (Å²) in [5.74, 6) is -0.611. The average molecular weight is 430 g/mol. The lowest BCUT2D eigenvalue weighted by molar-refractivity contribution is -0.141. The minimum Gasteiger partial charge on any atom is -0.332 e. The molecule has 1 atom stereocenters. The van der Waals surface area contributed by atoms with E-state index in [1.165, 1.54) is 4.90 Å². The number of hydrogen-bond acceptors (Lipinski definition) is 5. The van der Waals surface area contributed by atoms with E-state index >= 15 is 0 Å². The van der Waals surface area contributed by atoms with E-state index in [-0.39, 0.29) is 31.2 Å². The van der Waals surface area contributed by atoms with Gasteiger partial charge in [-0.2, -0.15) is 0 Å². The van der Waals surface area contributed by atoms with Gasteiger partial charge in [-0.05, 0) is 50.9 Å². The Bertz CT molecular complexity index is 810. The van der Waals surface area contributed by atoms with E-state index in [0.717, 1.165) is 18.4 Å². The Morgan fingerprint density at radius 3 is 2.39 bits per heavy atom. The van der Waals surface area contributed by atoms with Crippen molar-refractivity contribution in [2.45, 2.75) is 36.5 Å². The van der Waals surface area contributed by atoms with Gasteiger partial charge < -0.3 is 15.1 Å². The summed E-state index contributed by atoms with van der Waals surface area (Å²) in [5.41, 5.74) is 0.799. The highest BCUT2D eigenvalue weighted by atomic mass is 35.5. The second-order valence-corrected chi connectivity index (χ2v) is 9.74.